The molecule has 0 atom stereocenters. The molecular weight excluding hydrogens is 335 g/mol. The van der Waals surface area contributed by atoms with Gasteiger partial charge in [-0.05, 0) is 34.2 Å². The van der Waals surface area contributed by atoms with Crippen molar-refractivity contribution in [3.8, 4) is 6.07 Å². The summed E-state index contributed by atoms with van der Waals surface area (Å²) in [5.74, 6) is 0. The lowest BCUT2D eigenvalue weighted by atomic mass is 10.0. The molecule has 0 heterocycles. The number of nitrogens with zero attached hydrogens (tertiary/aromatic N) is 1. The van der Waals surface area contributed by atoms with Crippen molar-refractivity contribution in [2.75, 3.05) is 0 Å². The van der Waals surface area contributed by atoms with Crippen molar-refractivity contribution in [1.29, 1.82) is 5.26 Å². The smallest absolute Gasteiger partial charge is 0.102 e. The van der Waals surface area contributed by atoms with Crippen LogP contribution in [0.15, 0.2) is 54.6 Å². The van der Waals surface area contributed by atoms with E-state index < -0.39 is 0 Å². The molecule has 2 rings (SSSR count). The number of halogens is 1. The predicted octanol–water partition coefficient (Wildman–Crippen LogP) is 3.64. The Morgan fingerprint density at radius 1 is 1.00 bits per heavy atom. The highest BCUT2D eigenvalue weighted by Crippen LogP contribution is 2.25. The molecule has 18 heavy (non-hydrogen) atoms. The summed E-state index contributed by atoms with van der Waals surface area (Å²) in [6.07, 6.45) is 0. The minimum absolute atomic E-state index is 0.514. The number of hydrogen-bond acceptors (Lipinski definition) is 2. The van der Waals surface area contributed by atoms with Crippen molar-refractivity contribution < 1.29 is 0 Å². The van der Waals surface area contributed by atoms with Gasteiger partial charge in [-0.15, -0.1) is 0 Å². The number of rotatable bonds is 2. The molecule has 0 amide bonds. The van der Waals surface area contributed by atoms with Gasteiger partial charge in [0, 0.05) is 9.13 Å². The van der Waals surface area contributed by atoms with Gasteiger partial charge >= 0.3 is 0 Å². The summed E-state index contributed by atoms with van der Waals surface area (Å²) in [5, 5.41) is 9.31. The van der Waals surface area contributed by atoms with Crippen molar-refractivity contribution in [3.63, 3.8) is 0 Å². The molecular formula is C15H11IN2. The van der Waals surface area contributed by atoms with Crippen LogP contribution < -0.4 is 5.73 Å². The van der Waals surface area contributed by atoms with Crippen LogP contribution in [-0.4, -0.2) is 0 Å². The Balaban J connectivity index is 2.59. The van der Waals surface area contributed by atoms with Crippen LogP contribution in [0, 0.1) is 14.9 Å². The summed E-state index contributed by atoms with van der Waals surface area (Å²) in [7, 11) is 0. The number of nitriles is 1. The van der Waals surface area contributed by atoms with Gasteiger partial charge < -0.3 is 5.73 Å². The second kappa shape index (κ2) is 5.69. The maximum atomic E-state index is 9.31. The molecule has 0 unspecified atom stereocenters. The molecule has 2 nitrogen and oxygen atoms in total. The molecule has 0 fully saturated rings. The first-order chi connectivity index (χ1) is 8.74. The Hall–Kier alpha value is -1.80. The van der Waals surface area contributed by atoms with E-state index in [1.54, 1.807) is 0 Å². The van der Waals surface area contributed by atoms with E-state index in [0.717, 1.165) is 14.7 Å². The fourth-order valence-corrected chi connectivity index (χ4v) is 2.38. The second-order valence-electron chi connectivity index (χ2n) is 3.75. The Kier molecular flexibility index (Phi) is 4.00. The highest BCUT2D eigenvalue weighted by atomic mass is 127. The first kappa shape index (κ1) is 12.7. The number of allylic oxidation sites excluding steroid dienone is 1. The molecule has 0 spiro atoms. The molecule has 0 aliphatic rings. The molecule has 3 heteroatoms. The summed E-state index contributed by atoms with van der Waals surface area (Å²) in [4.78, 5) is 0. The van der Waals surface area contributed by atoms with Crippen LogP contribution in [0.1, 0.15) is 11.1 Å². The lowest BCUT2D eigenvalue weighted by Gasteiger charge is -2.08. The Bertz CT molecular complexity index is 624. The first-order valence-corrected chi connectivity index (χ1v) is 6.52. The molecule has 88 valence electrons. The average molecular weight is 346 g/mol. The zero-order chi connectivity index (χ0) is 13.0. The first-order valence-electron chi connectivity index (χ1n) is 5.44. The van der Waals surface area contributed by atoms with Crippen LogP contribution in [0.25, 0.3) is 11.3 Å². The lowest BCUT2D eigenvalue weighted by molar-refractivity contribution is 1.46. The average Bonchev–Trinajstić information content (AvgIpc) is 2.41. The van der Waals surface area contributed by atoms with Crippen molar-refractivity contribution >= 4 is 33.9 Å². The van der Waals surface area contributed by atoms with Gasteiger partial charge in [0.25, 0.3) is 0 Å². The zero-order valence-corrected chi connectivity index (χ0v) is 11.8. The maximum absolute atomic E-state index is 9.31. The predicted molar refractivity (Wildman–Crippen MR) is 82.2 cm³/mol. The van der Waals surface area contributed by atoms with Gasteiger partial charge in [0.2, 0.25) is 0 Å². The van der Waals surface area contributed by atoms with Crippen LogP contribution in [0.4, 0.5) is 0 Å². The SMILES string of the molecule is N#C/C(=C(/N)c1ccccc1I)c1ccccc1. The third kappa shape index (κ3) is 2.54. The molecule has 0 saturated heterocycles. The largest absolute Gasteiger partial charge is 0.397 e. The van der Waals surface area contributed by atoms with Gasteiger partial charge in [-0.25, -0.2) is 0 Å². The molecule has 0 saturated carbocycles. The maximum Gasteiger partial charge on any atom is 0.102 e. The summed E-state index contributed by atoms with van der Waals surface area (Å²) < 4.78 is 1.04. The highest BCUT2D eigenvalue weighted by Gasteiger charge is 2.10. The van der Waals surface area contributed by atoms with E-state index >= 15 is 0 Å². The van der Waals surface area contributed by atoms with Gasteiger partial charge in [-0.1, -0.05) is 48.5 Å². The van der Waals surface area contributed by atoms with Gasteiger partial charge in [-0.3, -0.25) is 0 Å². The van der Waals surface area contributed by atoms with Crippen LogP contribution in [-0.2, 0) is 0 Å². The number of hydrogen-bond donors (Lipinski definition) is 1. The molecule has 2 N–H and O–H groups in total. The highest BCUT2D eigenvalue weighted by molar-refractivity contribution is 14.1. The number of benzene rings is 2. The van der Waals surface area contributed by atoms with E-state index in [4.69, 9.17) is 5.73 Å². The van der Waals surface area contributed by atoms with E-state index in [0.29, 0.717) is 11.3 Å². The van der Waals surface area contributed by atoms with Crippen molar-refractivity contribution in [2.45, 2.75) is 0 Å². The minimum Gasteiger partial charge on any atom is -0.397 e. The molecule has 0 aromatic heterocycles. The van der Waals surface area contributed by atoms with E-state index in [-0.39, 0.29) is 0 Å². The third-order valence-corrected chi connectivity index (χ3v) is 3.55. The summed E-state index contributed by atoms with van der Waals surface area (Å²) in [5.41, 5.74) is 8.92. The minimum atomic E-state index is 0.514. The van der Waals surface area contributed by atoms with Crippen LogP contribution in [0.5, 0.6) is 0 Å². The topological polar surface area (TPSA) is 49.8 Å². The fourth-order valence-electron chi connectivity index (χ4n) is 1.70. The van der Waals surface area contributed by atoms with Crippen LogP contribution >= 0.6 is 22.6 Å². The van der Waals surface area contributed by atoms with Gasteiger partial charge in [0.05, 0.1) is 11.3 Å². The van der Waals surface area contributed by atoms with Crippen molar-refractivity contribution in [2.24, 2.45) is 5.73 Å². The molecule has 2 aromatic carbocycles. The van der Waals surface area contributed by atoms with Crippen LogP contribution in [0.2, 0.25) is 0 Å². The second-order valence-corrected chi connectivity index (χ2v) is 4.91. The monoisotopic (exact) mass is 346 g/mol. The lowest BCUT2D eigenvalue weighted by Crippen LogP contribution is -2.02. The Labute approximate surface area is 120 Å². The van der Waals surface area contributed by atoms with Crippen LogP contribution in [0.3, 0.4) is 0 Å². The van der Waals surface area contributed by atoms with E-state index in [1.807, 2.05) is 54.6 Å². The summed E-state index contributed by atoms with van der Waals surface area (Å²) in [6.45, 7) is 0. The Morgan fingerprint density at radius 3 is 2.22 bits per heavy atom. The van der Waals surface area contributed by atoms with E-state index in [9.17, 15) is 5.26 Å². The standard InChI is InChI=1S/C15H11IN2/c16-14-9-5-4-8-12(14)15(18)13(10-17)11-6-2-1-3-7-11/h1-9H,18H2/b15-13-. The number of nitrogens with two attached hydrogens (primary N) is 1. The fraction of sp³-hybridized carbons (Fsp3) is 0. The summed E-state index contributed by atoms with van der Waals surface area (Å²) in [6, 6.07) is 19.5. The van der Waals surface area contributed by atoms with Crippen molar-refractivity contribution in [1.82, 2.24) is 0 Å². The summed E-state index contributed by atoms with van der Waals surface area (Å²) >= 11 is 2.22. The normalized spacial score (nSPS) is 11.6. The molecule has 0 bridgehead atoms. The van der Waals surface area contributed by atoms with Crippen molar-refractivity contribution in [3.05, 3.63) is 69.3 Å². The zero-order valence-electron chi connectivity index (χ0n) is 9.60. The molecule has 2 aromatic rings. The third-order valence-electron chi connectivity index (χ3n) is 2.61. The molecule has 0 aliphatic heterocycles. The van der Waals surface area contributed by atoms with Gasteiger partial charge in [0.1, 0.15) is 6.07 Å². The van der Waals surface area contributed by atoms with E-state index in [1.165, 1.54) is 0 Å². The molecule has 0 radical (unpaired) electrons. The van der Waals surface area contributed by atoms with E-state index in [2.05, 4.69) is 28.7 Å². The van der Waals surface area contributed by atoms with Gasteiger partial charge in [-0.2, -0.15) is 5.26 Å². The van der Waals surface area contributed by atoms with Gasteiger partial charge in [0.15, 0.2) is 0 Å². The quantitative estimate of drug-likeness (QED) is 0.513. The molecule has 0 aliphatic carbocycles. The Morgan fingerprint density at radius 2 is 1.61 bits per heavy atom.